The van der Waals surface area contributed by atoms with Gasteiger partial charge in [0.25, 0.3) is 0 Å². The van der Waals surface area contributed by atoms with Crippen molar-refractivity contribution in [2.75, 3.05) is 0 Å². The number of aliphatic hydroxyl groups excluding tert-OH is 2. The summed E-state index contributed by atoms with van der Waals surface area (Å²) in [6.07, 6.45) is 15.0. The Morgan fingerprint density at radius 3 is 1.19 bits per heavy atom. The molecule has 36 heavy (non-hydrogen) atoms. The number of hydrogen-bond donors (Lipinski definition) is 4. The lowest BCUT2D eigenvalue weighted by Crippen LogP contribution is -2.36. The lowest BCUT2D eigenvalue weighted by Gasteiger charge is -2.38. The Bertz CT molecular complexity index is 629. The largest absolute Gasteiger partial charge is 0.481 e. The summed E-state index contributed by atoms with van der Waals surface area (Å²) in [7, 11) is 0. The highest BCUT2D eigenvalue weighted by Crippen LogP contribution is 2.40. The number of aliphatic hydroxyl groups is 2. The topological polar surface area (TPSA) is 115 Å². The highest BCUT2D eigenvalue weighted by atomic mass is 16.4. The molecule has 0 radical (unpaired) electrons. The van der Waals surface area contributed by atoms with Gasteiger partial charge in [-0.2, -0.15) is 0 Å². The van der Waals surface area contributed by atoms with Gasteiger partial charge < -0.3 is 20.4 Å². The molecule has 0 aromatic heterocycles. The van der Waals surface area contributed by atoms with Gasteiger partial charge in [0.05, 0.1) is 23.0 Å². The summed E-state index contributed by atoms with van der Waals surface area (Å²) in [6, 6.07) is 0. The van der Waals surface area contributed by atoms with Crippen molar-refractivity contribution in [3.05, 3.63) is 0 Å². The quantitative estimate of drug-likeness (QED) is 0.183. The molecule has 0 bridgehead atoms. The number of rotatable bonds is 15. The Hall–Kier alpha value is -1.14. The first kappa shape index (κ1) is 31.1. The molecule has 0 saturated heterocycles. The molecule has 6 nitrogen and oxygen atoms in total. The Labute approximate surface area is 219 Å². The third kappa shape index (κ3) is 9.31. The van der Waals surface area contributed by atoms with Crippen LogP contribution in [0.2, 0.25) is 0 Å². The van der Waals surface area contributed by atoms with Gasteiger partial charge in [-0.1, -0.05) is 38.5 Å². The molecule has 0 aliphatic heterocycles. The molecule has 2 aliphatic rings. The first-order valence-electron chi connectivity index (χ1n) is 14.7. The second kappa shape index (κ2) is 14.1. The molecule has 0 aromatic carbocycles. The lowest BCUT2D eigenvalue weighted by molar-refractivity contribution is -0.148. The predicted molar refractivity (Wildman–Crippen MR) is 143 cm³/mol. The third-order valence-electron chi connectivity index (χ3n) is 9.55. The van der Waals surface area contributed by atoms with E-state index in [4.69, 9.17) is 0 Å². The van der Waals surface area contributed by atoms with Crippen molar-refractivity contribution in [2.24, 2.45) is 34.5 Å². The van der Waals surface area contributed by atoms with Crippen LogP contribution in [0.3, 0.4) is 0 Å². The molecule has 0 heterocycles. The summed E-state index contributed by atoms with van der Waals surface area (Å²) in [6.45, 7) is 7.13. The van der Waals surface area contributed by atoms with E-state index in [1.165, 1.54) is 0 Å². The number of aliphatic carboxylic acids is 2. The van der Waals surface area contributed by atoms with Crippen LogP contribution in [0.25, 0.3) is 0 Å². The fraction of sp³-hybridized carbons (Fsp3) is 0.933. The summed E-state index contributed by atoms with van der Waals surface area (Å²) < 4.78 is 0. The summed E-state index contributed by atoms with van der Waals surface area (Å²) in [5, 5.41) is 40.7. The van der Waals surface area contributed by atoms with Crippen LogP contribution >= 0.6 is 0 Å². The molecule has 2 fully saturated rings. The molecule has 4 N–H and O–H groups in total. The SMILES string of the molecule is CC(C)(CCCCC1CCCC(CCC2CCCC(CCCCC(C)(C)C(=O)O)C2O)C1O)C(=O)O. The van der Waals surface area contributed by atoms with Crippen LogP contribution in [-0.4, -0.2) is 44.6 Å². The number of hydrogen-bond acceptors (Lipinski definition) is 4. The minimum atomic E-state index is -0.741. The zero-order valence-electron chi connectivity index (χ0n) is 23.4. The van der Waals surface area contributed by atoms with Gasteiger partial charge in [-0.05, 0) is 116 Å². The van der Waals surface area contributed by atoms with E-state index in [2.05, 4.69) is 0 Å². The van der Waals surface area contributed by atoms with E-state index >= 15 is 0 Å². The zero-order chi connectivity index (χ0) is 26.9. The molecule has 2 saturated carbocycles. The van der Waals surface area contributed by atoms with E-state index in [1.54, 1.807) is 27.7 Å². The van der Waals surface area contributed by atoms with Crippen molar-refractivity contribution < 1.29 is 30.0 Å². The van der Waals surface area contributed by atoms with Crippen molar-refractivity contribution in [1.29, 1.82) is 0 Å². The molecular formula is C30H54O6. The van der Waals surface area contributed by atoms with E-state index < -0.39 is 22.8 Å². The van der Waals surface area contributed by atoms with Gasteiger partial charge in [0.2, 0.25) is 0 Å². The lowest BCUT2D eigenvalue weighted by atomic mass is 9.70. The Morgan fingerprint density at radius 2 is 0.889 bits per heavy atom. The third-order valence-corrected chi connectivity index (χ3v) is 9.55. The average molecular weight is 511 g/mol. The second-order valence-corrected chi connectivity index (χ2v) is 13.3. The van der Waals surface area contributed by atoms with E-state index in [-0.39, 0.29) is 12.2 Å². The monoisotopic (exact) mass is 510 g/mol. The molecule has 0 aromatic rings. The maximum atomic E-state index is 11.3. The highest BCUT2D eigenvalue weighted by molar-refractivity contribution is 5.73. The summed E-state index contributed by atoms with van der Waals surface area (Å²) >= 11 is 0. The molecule has 6 heteroatoms. The van der Waals surface area contributed by atoms with Crippen LogP contribution in [0.5, 0.6) is 0 Å². The van der Waals surface area contributed by atoms with E-state index in [9.17, 15) is 30.0 Å². The van der Waals surface area contributed by atoms with Gasteiger partial charge >= 0.3 is 11.9 Å². The molecule has 2 rings (SSSR count). The van der Waals surface area contributed by atoms with E-state index in [1.807, 2.05) is 0 Å². The molecular weight excluding hydrogens is 456 g/mol. The van der Waals surface area contributed by atoms with Gasteiger partial charge in [0.1, 0.15) is 0 Å². The van der Waals surface area contributed by atoms with Crippen molar-refractivity contribution >= 4 is 11.9 Å². The van der Waals surface area contributed by atoms with E-state index in [0.29, 0.717) is 36.5 Å². The van der Waals surface area contributed by atoms with Crippen LogP contribution < -0.4 is 0 Å². The average Bonchev–Trinajstić information content (AvgIpc) is 2.81. The molecule has 0 amide bonds. The van der Waals surface area contributed by atoms with Gasteiger partial charge in [0, 0.05) is 0 Å². The minimum absolute atomic E-state index is 0.277. The second-order valence-electron chi connectivity index (χ2n) is 13.3. The van der Waals surface area contributed by atoms with Crippen LogP contribution in [0.15, 0.2) is 0 Å². The Kier molecular flexibility index (Phi) is 12.2. The Balaban J connectivity index is 1.73. The zero-order valence-corrected chi connectivity index (χ0v) is 23.4. The first-order valence-corrected chi connectivity index (χ1v) is 14.7. The molecule has 2 aliphatic carbocycles. The van der Waals surface area contributed by atoms with Crippen LogP contribution in [0, 0.1) is 34.5 Å². The number of carbonyl (C=O) groups is 2. The van der Waals surface area contributed by atoms with Gasteiger partial charge in [-0.3, -0.25) is 9.59 Å². The molecule has 0 spiro atoms. The normalized spacial score (nSPS) is 29.7. The van der Waals surface area contributed by atoms with Gasteiger partial charge in [-0.15, -0.1) is 0 Å². The maximum absolute atomic E-state index is 11.3. The number of carboxylic acid groups (broad SMARTS) is 2. The maximum Gasteiger partial charge on any atom is 0.309 e. The first-order chi connectivity index (χ1) is 16.8. The minimum Gasteiger partial charge on any atom is -0.481 e. The smallest absolute Gasteiger partial charge is 0.309 e. The fourth-order valence-corrected chi connectivity index (χ4v) is 6.59. The number of carboxylic acids is 2. The van der Waals surface area contributed by atoms with Crippen LogP contribution in [0.4, 0.5) is 0 Å². The van der Waals surface area contributed by atoms with Gasteiger partial charge in [0.15, 0.2) is 0 Å². The molecule has 6 unspecified atom stereocenters. The predicted octanol–water partition coefficient (Wildman–Crippen LogP) is 6.66. The molecule has 6 atom stereocenters. The van der Waals surface area contributed by atoms with Crippen LogP contribution in [-0.2, 0) is 9.59 Å². The fourth-order valence-electron chi connectivity index (χ4n) is 6.59. The summed E-state index contributed by atoms with van der Waals surface area (Å²) in [4.78, 5) is 22.6. The van der Waals surface area contributed by atoms with Crippen molar-refractivity contribution in [1.82, 2.24) is 0 Å². The Morgan fingerprint density at radius 1 is 0.583 bits per heavy atom. The van der Waals surface area contributed by atoms with Crippen LogP contribution in [0.1, 0.15) is 130 Å². The van der Waals surface area contributed by atoms with Crippen molar-refractivity contribution in [2.45, 2.75) is 143 Å². The summed E-state index contributed by atoms with van der Waals surface area (Å²) in [5.41, 5.74) is -1.36. The van der Waals surface area contributed by atoms with Crippen molar-refractivity contribution in [3.63, 3.8) is 0 Å². The molecule has 210 valence electrons. The highest BCUT2D eigenvalue weighted by Gasteiger charge is 2.35. The van der Waals surface area contributed by atoms with Crippen molar-refractivity contribution in [3.8, 4) is 0 Å². The number of unbranched alkanes of at least 4 members (excludes halogenated alkanes) is 2. The summed E-state index contributed by atoms with van der Waals surface area (Å²) in [5.74, 6) is -0.231. The standard InChI is InChI=1S/C30H54O6/c1-29(2,27(33)34)19-7-5-11-21-13-9-15-23(25(21)31)17-18-24-16-10-14-22(26(24)32)12-6-8-20-30(3,4)28(35)36/h21-26,31-32H,5-20H2,1-4H3,(H,33,34)(H,35,36). The van der Waals surface area contributed by atoms with E-state index in [0.717, 1.165) is 89.9 Å². The van der Waals surface area contributed by atoms with Gasteiger partial charge in [-0.25, -0.2) is 0 Å².